The van der Waals surface area contributed by atoms with Crippen LogP contribution < -0.4 is 5.32 Å². The molecule has 0 aromatic carbocycles. The molecule has 2 rings (SSSR count). The van der Waals surface area contributed by atoms with Gasteiger partial charge in [0.2, 0.25) is 0 Å². The van der Waals surface area contributed by atoms with E-state index in [0.29, 0.717) is 0 Å². The minimum Gasteiger partial charge on any atom is -0.465 e. The second kappa shape index (κ2) is 5.61. The number of nitrogens with one attached hydrogen (secondary N) is 1. The maximum absolute atomic E-state index is 5.67. The van der Waals surface area contributed by atoms with Crippen LogP contribution in [0.5, 0.6) is 0 Å². The summed E-state index contributed by atoms with van der Waals surface area (Å²) in [5, 5.41) is 7.62. The highest BCUT2D eigenvalue weighted by molar-refractivity contribution is 5.25. The molecule has 2 heterocycles. The third-order valence-corrected chi connectivity index (χ3v) is 3.48. The number of furan rings is 1. The molecule has 0 amide bonds. The van der Waals surface area contributed by atoms with Gasteiger partial charge in [-0.25, -0.2) is 0 Å². The first-order chi connectivity index (χ1) is 9.02. The Morgan fingerprint density at radius 3 is 2.47 bits per heavy atom. The Hall–Kier alpha value is -1.55. The first-order valence-electron chi connectivity index (χ1n) is 6.78. The van der Waals surface area contributed by atoms with Gasteiger partial charge in [-0.15, -0.1) is 0 Å². The van der Waals surface area contributed by atoms with Crippen molar-refractivity contribution in [1.29, 1.82) is 0 Å². The van der Waals surface area contributed by atoms with Gasteiger partial charge in [0.1, 0.15) is 17.3 Å². The predicted octanol–water partition coefficient (Wildman–Crippen LogP) is 3.99. The molecule has 0 fully saturated rings. The zero-order chi connectivity index (χ0) is 14.0. The van der Waals surface area contributed by atoms with Gasteiger partial charge in [-0.1, -0.05) is 12.1 Å². The van der Waals surface area contributed by atoms with E-state index >= 15 is 0 Å². The van der Waals surface area contributed by atoms with Crippen molar-refractivity contribution in [3.63, 3.8) is 0 Å². The van der Waals surface area contributed by atoms with Gasteiger partial charge in [-0.05, 0) is 46.2 Å². The van der Waals surface area contributed by atoms with Crippen molar-refractivity contribution < 1.29 is 8.94 Å². The second-order valence-electron chi connectivity index (χ2n) is 5.04. The quantitative estimate of drug-likeness (QED) is 0.885. The lowest BCUT2D eigenvalue weighted by Crippen LogP contribution is -2.24. The number of aryl methyl sites for hydroxylation is 3. The third kappa shape index (κ3) is 2.89. The SMILES string of the molecule is CC[C@H](N[C@H](C)c1ccc(C)o1)c1c(C)noc1C. The van der Waals surface area contributed by atoms with E-state index in [-0.39, 0.29) is 12.1 Å². The van der Waals surface area contributed by atoms with Crippen LogP contribution in [0.1, 0.15) is 60.9 Å². The van der Waals surface area contributed by atoms with Crippen LogP contribution in [0.4, 0.5) is 0 Å². The molecule has 4 heteroatoms. The largest absolute Gasteiger partial charge is 0.465 e. The number of aromatic nitrogens is 1. The molecule has 0 aliphatic carbocycles. The molecule has 0 saturated heterocycles. The first-order valence-corrected chi connectivity index (χ1v) is 6.78. The summed E-state index contributed by atoms with van der Waals surface area (Å²) in [4.78, 5) is 0. The maximum atomic E-state index is 5.67. The molecule has 4 nitrogen and oxygen atoms in total. The zero-order valence-electron chi connectivity index (χ0n) is 12.3. The van der Waals surface area contributed by atoms with Crippen LogP contribution >= 0.6 is 0 Å². The van der Waals surface area contributed by atoms with Crippen molar-refractivity contribution >= 4 is 0 Å². The average Bonchev–Trinajstić information content (AvgIpc) is 2.94. The number of hydrogen-bond acceptors (Lipinski definition) is 4. The maximum Gasteiger partial charge on any atom is 0.138 e. The van der Waals surface area contributed by atoms with Gasteiger partial charge >= 0.3 is 0 Å². The van der Waals surface area contributed by atoms with Crippen molar-refractivity contribution in [3.05, 3.63) is 40.7 Å². The fourth-order valence-electron chi connectivity index (χ4n) is 2.46. The highest BCUT2D eigenvalue weighted by Gasteiger charge is 2.21. The lowest BCUT2D eigenvalue weighted by atomic mass is 10.0. The van der Waals surface area contributed by atoms with Crippen molar-refractivity contribution in [3.8, 4) is 0 Å². The van der Waals surface area contributed by atoms with Crippen LogP contribution in [0.2, 0.25) is 0 Å². The summed E-state index contributed by atoms with van der Waals surface area (Å²) in [5.41, 5.74) is 2.12. The Labute approximate surface area is 114 Å². The van der Waals surface area contributed by atoms with Gasteiger partial charge in [-0.3, -0.25) is 0 Å². The Morgan fingerprint density at radius 1 is 1.26 bits per heavy atom. The summed E-state index contributed by atoms with van der Waals surface area (Å²) in [6.07, 6.45) is 0.979. The Bertz CT molecular complexity index is 523. The summed E-state index contributed by atoms with van der Waals surface area (Å²) in [7, 11) is 0. The monoisotopic (exact) mass is 262 g/mol. The molecule has 19 heavy (non-hydrogen) atoms. The summed E-state index contributed by atoms with van der Waals surface area (Å²) in [6.45, 7) is 10.2. The van der Waals surface area contributed by atoms with Gasteiger partial charge in [0.25, 0.3) is 0 Å². The summed E-state index contributed by atoms with van der Waals surface area (Å²) in [6, 6.07) is 4.40. The van der Waals surface area contributed by atoms with E-state index in [4.69, 9.17) is 8.94 Å². The van der Waals surface area contributed by atoms with E-state index in [1.165, 1.54) is 0 Å². The van der Waals surface area contributed by atoms with E-state index in [1.807, 2.05) is 32.9 Å². The Balaban J connectivity index is 2.16. The minimum atomic E-state index is 0.160. The van der Waals surface area contributed by atoms with Gasteiger partial charge < -0.3 is 14.3 Å². The number of nitrogens with zero attached hydrogens (tertiary/aromatic N) is 1. The molecule has 104 valence electrons. The molecule has 0 saturated carbocycles. The molecule has 1 N–H and O–H groups in total. The Kier molecular flexibility index (Phi) is 4.10. The molecule has 2 atom stereocenters. The lowest BCUT2D eigenvalue weighted by Gasteiger charge is -2.21. The average molecular weight is 262 g/mol. The molecular weight excluding hydrogens is 240 g/mol. The van der Waals surface area contributed by atoms with Crippen molar-refractivity contribution in [1.82, 2.24) is 10.5 Å². The molecule has 0 aliphatic heterocycles. The van der Waals surface area contributed by atoms with E-state index in [2.05, 4.69) is 24.3 Å². The van der Waals surface area contributed by atoms with Crippen LogP contribution in [0, 0.1) is 20.8 Å². The molecule has 0 unspecified atom stereocenters. The molecule has 0 radical (unpaired) electrons. The predicted molar refractivity (Wildman–Crippen MR) is 74.0 cm³/mol. The van der Waals surface area contributed by atoms with Crippen LogP contribution in [-0.2, 0) is 0 Å². The van der Waals surface area contributed by atoms with Gasteiger partial charge in [0, 0.05) is 11.6 Å². The molecule has 2 aromatic heterocycles. The topological polar surface area (TPSA) is 51.2 Å². The van der Waals surface area contributed by atoms with E-state index in [1.54, 1.807) is 0 Å². The number of hydrogen-bond donors (Lipinski definition) is 1. The summed E-state index contributed by atoms with van der Waals surface area (Å²) >= 11 is 0. The third-order valence-electron chi connectivity index (χ3n) is 3.48. The normalized spacial score (nSPS) is 14.6. The highest BCUT2D eigenvalue weighted by atomic mass is 16.5. The van der Waals surface area contributed by atoms with Crippen LogP contribution in [0.3, 0.4) is 0 Å². The molecule has 2 aromatic rings. The summed E-state index contributed by atoms with van der Waals surface area (Å²) < 4.78 is 10.9. The van der Waals surface area contributed by atoms with Crippen LogP contribution in [-0.4, -0.2) is 5.16 Å². The summed E-state index contributed by atoms with van der Waals surface area (Å²) in [5.74, 6) is 2.79. The first kappa shape index (κ1) is 13.9. The highest BCUT2D eigenvalue weighted by Crippen LogP contribution is 2.27. The fourth-order valence-corrected chi connectivity index (χ4v) is 2.46. The van der Waals surface area contributed by atoms with Crippen LogP contribution in [0.25, 0.3) is 0 Å². The zero-order valence-corrected chi connectivity index (χ0v) is 12.3. The van der Waals surface area contributed by atoms with E-state index in [9.17, 15) is 0 Å². The van der Waals surface area contributed by atoms with Gasteiger partial charge in [0.05, 0.1) is 11.7 Å². The van der Waals surface area contributed by atoms with Crippen molar-refractivity contribution in [2.24, 2.45) is 0 Å². The Morgan fingerprint density at radius 2 is 2.00 bits per heavy atom. The smallest absolute Gasteiger partial charge is 0.138 e. The van der Waals surface area contributed by atoms with Gasteiger partial charge in [-0.2, -0.15) is 0 Å². The molecule has 0 aliphatic rings. The molecule has 0 bridgehead atoms. The fraction of sp³-hybridized carbons (Fsp3) is 0.533. The van der Waals surface area contributed by atoms with Crippen LogP contribution in [0.15, 0.2) is 21.1 Å². The molecular formula is C15H22N2O2. The van der Waals surface area contributed by atoms with E-state index < -0.39 is 0 Å². The number of rotatable bonds is 5. The minimum absolute atomic E-state index is 0.160. The van der Waals surface area contributed by atoms with Crippen molar-refractivity contribution in [2.45, 2.75) is 53.1 Å². The second-order valence-corrected chi connectivity index (χ2v) is 5.04. The van der Waals surface area contributed by atoms with E-state index in [0.717, 1.165) is 35.0 Å². The molecule has 0 spiro atoms. The van der Waals surface area contributed by atoms with Gasteiger partial charge in [0.15, 0.2) is 0 Å². The standard InChI is InChI=1S/C15H22N2O2/c1-6-13(15-11(4)17-19-12(15)5)16-10(3)14-8-7-9(2)18-14/h7-8,10,13,16H,6H2,1-5H3/t10-,13+/m1/s1. The lowest BCUT2D eigenvalue weighted by molar-refractivity contribution is 0.369. The van der Waals surface area contributed by atoms with Crippen molar-refractivity contribution in [2.75, 3.05) is 0 Å².